The van der Waals surface area contributed by atoms with Gasteiger partial charge >= 0.3 is 0 Å². The first-order valence-electron chi connectivity index (χ1n) is 7.84. The van der Waals surface area contributed by atoms with Crippen molar-refractivity contribution >= 4 is 35.1 Å². The molecular weight excluding hydrogens is 368 g/mol. The molecular formula is C19H15ClN4OS. The molecule has 7 heteroatoms. The fraction of sp³-hybridized carbons (Fsp3) is 0.105. The smallest absolute Gasteiger partial charge is 0.257 e. The quantitative estimate of drug-likeness (QED) is 0.786. The van der Waals surface area contributed by atoms with E-state index >= 15 is 0 Å². The Morgan fingerprint density at radius 1 is 1.35 bits per heavy atom. The van der Waals surface area contributed by atoms with Crippen molar-refractivity contribution in [3.05, 3.63) is 82.8 Å². The highest BCUT2D eigenvalue weighted by molar-refractivity contribution is 7.96. The van der Waals surface area contributed by atoms with Gasteiger partial charge in [0.2, 0.25) is 0 Å². The van der Waals surface area contributed by atoms with E-state index in [1.807, 2.05) is 34.8 Å². The van der Waals surface area contributed by atoms with Crippen LogP contribution >= 0.6 is 23.5 Å². The first-order chi connectivity index (χ1) is 12.6. The third-order valence-electron chi connectivity index (χ3n) is 3.57. The van der Waals surface area contributed by atoms with Gasteiger partial charge in [0.25, 0.3) is 5.91 Å². The lowest BCUT2D eigenvalue weighted by molar-refractivity contribution is -0.112. The fourth-order valence-corrected chi connectivity index (χ4v) is 3.28. The number of carbonyl (C=O) groups is 1. The number of benzene rings is 1. The lowest BCUT2D eigenvalue weighted by Gasteiger charge is -2.21. The van der Waals surface area contributed by atoms with E-state index in [-0.39, 0.29) is 5.91 Å². The van der Waals surface area contributed by atoms with Crippen LogP contribution in [0.15, 0.2) is 66.5 Å². The van der Waals surface area contributed by atoms with Crippen molar-refractivity contribution in [3.8, 4) is 6.07 Å². The number of hydrogen-bond donors (Lipinski definition) is 1. The molecule has 5 nitrogen and oxygen atoms in total. The highest BCUT2D eigenvalue weighted by Crippen LogP contribution is 2.22. The van der Waals surface area contributed by atoms with Gasteiger partial charge in [-0.15, -0.1) is 0 Å². The first kappa shape index (κ1) is 18.1. The number of carbonyl (C=O) groups excluding carboxylic acids is 1. The maximum absolute atomic E-state index is 12.4. The number of rotatable bonds is 5. The van der Waals surface area contributed by atoms with E-state index in [1.165, 1.54) is 0 Å². The minimum Gasteiger partial charge on any atom is -0.322 e. The van der Waals surface area contributed by atoms with Gasteiger partial charge in [-0.2, -0.15) is 5.26 Å². The van der Waals surface area contributed by atoms with Crippen LogP contribution in [0.1, 0.15) is 11.3 Å². The second-order valence-electron chi connectivity index (χ2n) is 5.48. The fourth-order valence-electron chi connectivity index (χ4n) is 2.28. The van der Waals surface area contributed by atoms with Gasteiger partial charge in [-0.1, -0.05) is 23.8 Å². The Balaban J connectivity index is 1.61. The van der Waals surface area contributed by atoms with E-state index in [1.54, 1.807) is 48.5 Å². The van der Waals surface area contributed by atoms with E-state index in [4.69, 9.17) is 16.9 Å². The van der Waals surface area contributed by atoms with Gasteiger partial charge in [-0.3, -0.25) is 4.79 Å². The summed E-state index contributed by atoms with van der Waals surface area (Å²) in [6.45, 7) is 0.707. The third kappa shape index (κ3) is 4.88. The van der Waals surface area contributed by atoms with Crippen LogP contribution in [0, 0.1) is 11.3 Å². The van der Waals surface area contributed by atoms with Crippen LogP contribution in [-0.2, 0) is 10.5 Å². The summed E-state index contributed by atoms with van der Waals surface area (Å²) in [7, 11) is 0. The third-order valence-corrected chi connectivity index (χ3v) is 4.87. The molecule has 1 amide bonds. The van der Waals surface area contributed by atoms with Gasteiger partial charge in [0, 0.05) is 35.4 Å². The van der Waals surface area contributed by atoms with Crippen molar-refractivity contribution in [1.29, 1.82) is 5.26 Å². The lowest BCUT2D eigenvalue weighted by atomic mass is 10.2. The van der Waals surface area contributed by atoms with Crippen molar-refractivity contribution in [3.63, 3.8) is 0 Å². The van der Waals surface area contributed by atoms with E-state index in [2.05, 4.69) is 10.3 Å². The number of anilines is 1. The topological polar surface area (TPSA) is 69.0 Å². The number of amides is 1. The van der Waals surface area contributed by atoms with Gasteiger partial charge in [0.05, 0.1) is 5.57 Å². The molecule has 1 N–H and O–H groups in total. The molecule has 1 aliphatic heterocycles. The summed E-state index contributed by atoms with van der Waals surface area (Å²) >= 11 is 7.42. The van der Waals surface area contributed by atoms with Crippen LogP contribution < -0.4 is 5.32 Å². The van der Waals surface area contributed by atoms with Gasteiger partial charge < -0.3 is 9.62 Å². The standard InChI is InChI=1S/C19H15ClN4OS/c20-16-3-5-17(6-4-16)23-19(25)15-2-1-9-24(12-15)26-13-14-7-8-22-18(10-14)11-21/h1-8,10,12H,9,13H2,(H,23,25). The van der Waals surface area contributed by atoms with E-state index in [0.29, 0.717) is 34.3 Å². The number of hydrogen-bond acceptors (Lipinski definition) is 5. The predicted octanol–water partition coefficient (Wildman–Crippen LogP) is 4.15. The van der Waals surface area contributed by atoms with Gasteiger partial charge in [0.1, 0.15) is 11.8 Å². The van der Waals surface area contributed by atoms with Gasteiger partial charge in [-0.05, 0) is 53.9 Å². The molecule has 0 radical (unpaired) electrons. The number of halogens is 1. The Kier molecular flexibility index (Phi) is 5.95. The minimum atomic E-state index is -0.176. The van der Waals surface area contributed by atoms with E-state index < -0.39 is 0 Å². The lowest BCUT2D eigenvalue weighted by Crippen LogP contribution is -2.20. The summed E-state index contributed by atoms with van der Waals surface area (Å²) < 4.78 is 1.99. The highest BCUT2D eigenvalue weighted by atomic mass is 35.5. The summed E-state index contributed by atoms with van der Waals surface area (Å²) in [5.74, 6) is 0.512. The minimum absolute atomic E-state index is 0.176. The summed E-state index contributed by atoms with van der Waals surface area (Å²) in [6.07, 6.45) is 7.20. The molecule has 1 aromatic carbocycles. The zero-order valence-electron chi connectivity index (χ0n) is 13.7. The maximum Gasteiger partial charge on any atom is 0.257 e. The maximum atomic E-state index is 12.4. The normalized spacial score (nSPS) is 13.1. The Morgan fingerprint density at radius 3 is 2.92 bits per heavy atom. The molecule has 2 aromatic rings. The summed E-state index contributed by atoms with van der Waals surface area (Å²) in [5.41, 5.74) is 2.68. The molecule has 1 aromatic heterocycles. The Labute approximate surface area is 161 Å². The molecule has 0 fully saturated rings. The van der Waals surface area contributed by atoms with Crippen LogP contribution in [0.4, 0.5) is 5.69 Å². The van der Waals surface area contributed by atoms with Crippen LogP contribution in [0.25, 0.3) is 0 Å². The zero-order valence-corrected chi connectivity index (χ0v) is 15.3. The molecule has 0 atom stereocenters. The summed E-state index contributed by atoms with van der Waals surface area (Å²) in [5, 5.41) is 12.4. The predicted molar refractivity (Wildman–Crippen MR) is 104 cm³/mol. The van der Waals surface area contributed by atoms with Crippen LogP contribution in [0.3, 0.4) is 0 Å². The highest BCUT2D eigenvalue weighted by Gasteiger charge is 2.13. The molecule has 3 rings (SSSR count). The molecule has 1 aliphatic rings. The van der Waals surface area contributed by atoms with Crippen LogP contribution in [0.5, 0.6) is 0 Å². The second kappa shape index (κ2) is 8.56. The Bertz CT molecular complexity index is 903. The Hall–Kier alpha value is -2.75. The molecule has 0 bridgehead atoms. The van der Waals surface area contributed by atoms with E-state index in [0.717, 1.165) is 5.56 Å². The number of pyridine rings is 1. The molecule has 130 valence electrons. The second-order valence-corrected chi connectivity index (χ2v) is 6.93. The van der Waals surface area contributed by atoms with E-state index in [9.17, 15) is 4.79 Å². The average molecular weight is 383 g/mol. The van der Waals surface area contributed by atoms with Gasteiger partial charge in [-0.25, -0.2) is 4.98 Å². The largest absolute Gasteiger partial charge is 0.322 e. The average Bonchev–Trinajstić information content (AvgIpc) is 2.68. The molecule has 0 saturated carbocycles. The number of aromatic nitrogens is 1. The molecule has 0 saturated heterocycles. The van der Waals surface area contributed by atoms with Crippen molar-refractivity contribution in [1.82, 2.24) is 9.29 Å². The zero-order chi connectivity index (χ0) is 18.4. The molecule has 26 heavy (non-hydrogen) atoms. The Morgan fingerprint density at radius 2 is 2.15 bits per heavy atom. The van der Waals surface area contributed by atoms with Crippen molar-refractivity contribution in [2.24, 2.45) is 0 Å². The summed E-state index contributed by atoms with van der Waals surface area (Å²) in [4.78, 5) is 16.4. The van der Waals surface area contributed by atoms with Gasteiger partial charge in [0.15, 0.2) is 0 Å². The SMILES string of the molecule is N#Cc1cc(CSN2C=C(C(=O)Nc3ccc(Cl)cc3)C=CC2)ccn1. The number of nitrogens with one attached hydrogen (secondary N) is 1. The molecule has 0 spiro atoms. The number of nitrogens with zero attached hydrogens (tertiary/aromatic N) is 3. The first-order valence-corrected chi connectivity index (χ1v) is 9.16. The summed E-state index contributed by atoms with van der Waals surface area (Å²) in [6, 6.07) is 12.7. The van der Waals surface area contributed by atoms with Crippen molar-refractivity contribution < 1.29 is 4.79 Å². The number of nitriles is 1. The molecule has 0 unspecified atom stereocenters. The molecule has 2 heterocycles. The van der Waals surface area contributed by atoms with Crippen molar-refractivity contribution in [2.75, 3.05) is 11.9 Å². The monoisotopic (exact) mass is 382 g/mol. The molecule has 0 aliphatic carbocycles. The van der Waals surface area contributed by atoms with Crippen LogP contribution in [0.2, 0.25) is 5.02 Å². The van der Waals surface area contributed by atoms with Crippen LogP contribution in [-0.4, -0.2) is 21.7 Å². The van der Waals surface area contributed by atoms with Crippen molar-refractivity contribution in [2.45, 2.75) is 5.75 Å².